The van der Waals surface area contributed by atoms with Gasteiger partial charge in [0.1, 0.15) is 6.17 Å². The summed E-state index contributed by atoms with van der Waals surface area (Å²) in [6, 6.07) is 5.04. The number of nitrogen functional groups attached to an aromatic ring is 1. The van der Waals surface area contributed by atoms with Crippen LogP contribution in [-0.4, -0.2) is 16.3 Å². The van der Waals surface area contributed by atoms with Gasteiger partial charge >= 0.3 is 0 Å². The molecule has 0 aliphatic heterocycles. The first-order valence-corrected chi connectivity index (χ1v) is 5.56. The molecule has 0 radical (unpaired) electrons. The van der Waals surface area contributed by atoms with E-state index < -0.39 is 6.17 Å². The molecule has 0 spiro atoms. The number of hydrogen-bond acceptors (Lipinski definition) is 4. The summed E-state index contributed by atoms with van der Waals surface area (Å²) in [7, 11) is 0. The van der Waals surface area contributed by atoms with E-state index in [2.05, 4.69) is 10.1 Å². The monoisotopic (exact) mass is 253 g/mol. The van der Waals surface area contributed by atoms with Crippen LogP contribution < -0.4 is 5.73 Å². The van der Waals surface area contributed by atoms with Gasteiger partial charge in [0.05, 0.1) is 16.6 Å². The molecule has 1 heterocycles. The van der Waals surface area contributed by atoms with E-state index >= 15 is 0 Å². The first-order chi connectivity index (χ1) is 8.15. The Hall–Kier alpha value is -1.62. The second-order valence-electron chi connectivity index (χ2n) is 4.05. The zero-order chi connectivity index (χ0) is 12.0. The van der Waals surface area contributed by atoms with Gasteiger partial charge in [0.25, 0.3) is 5.89 Å². The molecule has 17 heavy (non-hydrogen) atoms. The van der Waals surface area contributed by atoms with Gasteiger partial charge in [-0.05, 0) is 24.6 Å². The number of benzene rings is 1. The molecule has 0 saturated heterocycles. The Morgan fingerprint density at radius 3 is 2.88 bits per heavy atom. The summed E-state index contributed by atoms with van der Waals surface area (Å²) in [5.74, 6) is 0.542. The van der Waals surface area contributed by atoms with Crippen molar-refractivity contribution >= 4 is 17.3 Å². The molecule has 2 aromatic rings. The summed E-state index contributed by atoms with van der Waals surface area (Å²) in [6.07, 6.45) is -0.363. The molecule has 1 fully saturated rings. The largest absolute Gasteiger partial charge is 0.398 e. The van der Waals surface area contributed by atoms with Crippen molar-refractivity contribution in [2.75, 3.05) is 5.73 Å². The van der Waals surface area contributed by atoms with E-state index in [-0.39, 0.29) is 5.92 Å². The molecule has 1 aromatic heterocycles. The number of rotatable bonds is 2. The second kappa shape index (κ2) is 3.70. The predicted octanol–water partition coefficient (Wildman–Crippen LogP) is 2.80. The minimum absolute atomic E-state index is 0.211. The van der Waals surface area contributed by atoms with Crippen molar-refractivity contribution in [3.8, 4) is 11.5 Å². The zero-order valence-electron chi connectivity index (χ0n) is 8.73. The van der Waals surface area contributed by atoms with Crippen molar-refractivity contribution < 1.29 is 8.91 Å². The van der Waals surface area contributed by atoms with Gasteiger partial charge in [-0.25, -0.2) is 4.39 Å². The van der Waals surface area contributed by atoms with Crippen molar-refractivity contribution in [1.82, 2.24) is 10.1 Å². The summed E-state index contributed by atoms with van der Waals surface area (Å²) < 4.78 is 17.9. The summed E-state index contributed by atoms with van der Waals surface area (Å²) >= 11 is 5.81. The molecule has 2 atom stereocenters. The van der Waals surface area contributed by atoms with Gasteiger partial charge < -0.3 is 10.3 Å². The fourth-order valence-electron chi connectivity index (χ4n) is 1.61. The van der Waals surface area contributed by atoms with Crippen LogP contribution in [0.3, 0.4) is 0 Å². The summed E-state index contributed by atoms with van der Waals surface area (Å²) in [4.78, 5) is 4.15. The minimum atomic E-state index is -0.837. The molecule has 88 valence electrons. The molecule has 0 amide bonds. The third-order valence-corrected chi connectivity index (χ3v) is 3.07. The lowest BCUT2D eigenvalue weighted by molar-refractivity contribution is 0.415. The topological polar surface area (TPSA) is 64.9 Å². The first kappa shape index (κ1) is 10.5. The van der Waals surface area contributed by atoms with E-state index in [1.807, 2.05) is 0 Å². The Morgan fingerprint density at radius 1 is 1.47 bits per heavy atom. The first-order valence-electron chi connectivity index (χ1n) is 5.18. The van der Waals surface area contributed by atoms with Crippen LogP contribution in [0.15, 0.2) is 22.7 Å². The summed E-state index contributed by atoms with van der Waals surface area (Å²) in [5.41, 5.74) is 6.80. The molecule has 1 saturated carbocycles. The Kier molecular flexibility index (Phi) is 2.29. The van der Waals surface area contributed by atoms with E-state index in [1.54, 1.807) is 18.2 Å². The van der Waals surface area contributed by atoms with Crippen LogP contribution in [0.2, 0.25) is 5.02 Å². The smallest absolute Gasteiger partial charge is 0.258 e. The Balaban J connectivity index is 1.92. The number of alkyl halides is 1. The van der Waals surface area contributed by atoms with E-state index in [1.165, 1.54) is 0 Å². The number of hydrogen-bond donors (Lipinski definition) is 1. The van der Waals surface area contributed by atoms with Crippen LogP contribution in [0.5, 0.6) is 0 Å². The second-order valence-corrected chi connectivity index (χ2v) is 4.46. The molecule has 3 rings (SSSR count). The maximum Gasteiger partial charge on any atom is 0.258 e. The van der Waals surface area contributed by atoms with E-state index in [4.69, 9.17) is 21.9 Å². The van der Waals surface area contributed by atoms with Crippen molar-refractivity contribution in [3.05, 3.63) is 29.0 Å². The van der Waals surface area contributed by atoms with E-state index in [9.17, 15) is 4.39 Å². The van der Waals surface area contributed by atoms with Crippen LogP contribution in [-0.2, 0) is 0 Å². The molecule has 2 N–H and O–H groups in total. The SMILES string of the molecule is Nc1cc(-c2nc([C@H]3C[C@@H]3F)no2)ccc1Cl. The fraction of sp³-hybridized carbons (Fsp3) is 0.273. The molecule has 0 unspecified atom stereocenters. The predicted molar refractivity (Wildman–Crippen MR) is 61.4 cm³/mol. The maximum absolute atomic E-state index is 12.8. The molecule has 0 bridgehead atoms. The van der Waals surface area contributed by atoms with Crippen molar-refractivity contribution in [3.63, 3.8) is 0 Å². The van der Waals surface area contributed by atoms with Crippen LogP contribution in [0, 0.1) is 0 Å². The van der Waals surface area contributed by atoms with Gasteiger partial charge in [-0.2, -0.15) is 4.98 Å². The number of nitrogens with two attached hydrogens (primary N) is 1. The van der Waals surface area contributed by atoms with E-state index in [0.717, 1.165) is 0 Å². The molecule has 1 aromatic carbocycles. The highest BCUT2D eigenvalue weighted by atomic mass is 35.5. The van der Waals surface area contributed by atoms with Crippen molar-refractivity contribution in [1.29, 1.82) is 0 Å². The summed E-state index contributed by atoms with van der Waals surface area (Å²) in [6.45, 7) is 0. The summed E-state index contributed by atoms with van der Waals surface area (Å²) in [5, 5.41) is 4.23. The number of halogens is 2. The lowest BCUT2D eigenvalue weighted by atomic mass is 10.2. The highest BCUT2D eigenvalue weighted by Crippen LogP contribution is 2.42. The van der Waals surface area contributed by atoms with Gasteiger partial charge in [-0.15, -0.1) is 0 Å². The quantitative estimate of drug-likeness (QED) is 0.836. The van der Waals surface area contributed by atoms with Gasteiger partial charge in [0.15, 0.2) is 5.82 Å². The lowest BCUT2D eigenvalue weighted by Crippen LogP contribution is -1.88. The average Bonchev–Trinajstić information content (AvgIpc) is 2.86. The van der Waals surface area contributed by atoms with Crippen LogP contribution >= 0.6 is 11.6 Å². The van der Waals surface area contributed by atoms with Crippen molar-refractivity contribution in [2.45, 2.75) is 18.5 Å². The van der Waals surface area contributed by atoms with Gasteiger partial charge in [0, 0.05) is 5.56 Å². The van der Waals surface area contributed by atoms with Crippen LogP contribution in [0.4, 0.5) is 10.1 Å². The third kappa shape index (κ3) is 1.86. The Labute approximate surface area is 102 Å². The molecule has 1 aliphatic carbocycles. The molecular weight excluding hydrogens is 245 g/mol. The minimum Gasteiger partial charge on any atom is -0.398 e. The zero-order valence-corrected chi connectivity index (χ0v) is 9.49. The molecule has 6 heteroatoms. The molecular formula is C11H9ClFN3O. The van der Waals surface area contributed by atoms with Gasteiger partial charge in [-0.3, -0.25) is 0 Å². The van der Waals surface area contributed by atoms with Crippen LogP contribution in [0.1, 0.15) is 18.2 Å². The Morgan fingerprint density at radius 2 is 2.24 bits per heavy atom. The maximum atomic E-state index is 12.8. The lowest BCUT2D eigenvalue weighted by Gasteiger charge is -1.98. The van der Waals surface area contributed by atoms with Gasteiger partial charge in [0.2, 0.25) is 0 Å². The standard InChI is InChI=1S/C11H9ClFN3O/c12-7-2-1-5(3-9(7)14)11-15-10(16-17-11)6-4-8(6)13/h1-3,6,8H,4,14H2/t6-,8-/m0/s1. The highest BCUT2D eigenvalue weighted by molar-refractivity contribution is 6.33. The Bertz CT molecular complexity index is 572. The normalized spacial score (nSPS) is 22.7. The molecule has 4 nitrogen and oxygen atoms in total. The van der Waals surface area contributed by atoms with Crippen molar-refractivity contribution in [2.24, 2.45) is 0 Å². The number of aromatic nitrogens is 2. The van der Waals surface area contributed by atoms with E-state index in [0.29, 0.717) is 34.4 Å². The highest BCUT2D eigenvalue weighted by Gasteiger charge is 2.42. The third-order valence-electron chi connectivity index (χ3n) is 2.73. The number of nitrogens with zero attached hydrogens (tertiary/aromatic N) is 2. The number of anilines is 1. The fourth-order valence-corrected chi connectivity index (χ4v) is 1.73. The average molecular weight is 254 g/mol. The van der Waals surface area contributed by atoms with Crippen LogP contribution in [0.25, 0.3) is 11.5 Å². The van der Waals surface area contributed by atoms with Gasteiger partial charge in [-0.1, -0.05) is 16.8 Å². The molecule has 1 aliphatic rings.